The Bertz CT molecular complexity index is 556. The Morgan fingerprint density at radius 2 is 2.06 bits per heavy atom. The lowest BCUT2D eigenvalue weighted by atomic mass is 10.3. The summed E-state index contributed by atoms with van der Waals surface area (Å²) in [6.45, 7) is 0.812. The quantitative estimate of drug-likeness (QED) is 0.726. The van der Waals surface area contributed by atoms with Gasteiger partial charge >= 0.3 is 0 Å². The zero-order valence-corrected chi connectivity index (χ0v) is 10.6. The van der Waals surface area contributed by atoms with E-state index in [9.17, 15) is 13.2 Å². The van der Waals surface area contributed by atoms with Crippen molar-refractivity contribution < 1.29 is 13.2 Å². The number of nitrogens with two attached hydrogens (primary N) is 1. The highest BCUT2D eigenvalue weighted by Crippen LogP contribution is 2.18. The summed E-state index contributed by atoms with van der Waals surface area (Å²) in [5, 5.41) is 2.64. The molecule has 7 heteroatoms. The maximum absolute atomic E-state index is 12.3. The molecule has 1 aromatic rings. The van der Waals surface area contributed by atoms with E-state index in [1.165, 1.54) is 16.4 Å². The molecule has 2 rings (SSSR count). The number of amides is 1. The van der Waals surface area contributed by atoms with E-state index >= 15 is 0 Å². The molecule has 0 aliphatic carbocycles. The van der Waals surface area contributed by atoms with E-state index in [0.717, 1.165) is 0 Å². The summed E-state index contributed by atoms with van der Waals surface area (Å²) < 4.78 is 26.0. The fourth-order valence-corrected chi connectivity index (χ4v) is 3.31. The van der Waals surface area contributed by atoms with Gasteiger partial charge in [-0.05, 0) is 18.2 Å². The first-order chi connectivity index (χ1) is 8.50. The number of rotatable bonds is 2. The average Bonchev–Trinajstić information content (AvgIpc) is 2.54. The first kappa shape index (κ1) is 12.8. The predicted octanol–water partition coefficient (Wildman–Crippen LogP) is -0.221. The summed E-state index contributed by atoms with van der Waals surface area (Å²) in [6.07, 6.45) is 0.182. The number of nitrogens with zero attached hydrogens (tertiary/aromatic N) is 1. The summed E-state index contributed by atoms with van der Waals surface area (Å²) >= 11 is 0. The summed E-state index contributed by atoms with van der Waals surface area (Å²) in [6, 6.07) is 6.16. The zero-order chi connectivity index (χ0) is 13.2. The van der Waals surface area contributed by atoms with E-state index in [2.05, 4.69) is 5.32 Å². The van der Waals surface area contributed by atoms with Crippen LogP contribution >= 0.6 is 0 Å². The normalized spacial score (nSPS) is 18.1. The third kappa shape index (κ3) is 2.62. The van der Waals surface area contributed by atoms with Crippen LogP contribution < -0.4 is 11.1 Å². The Morgan fingerprint density at radius 1 is 1.28 bits per heavy atom. The topological polar surface area (TPSA) is 92.5 Å². The Labute approximate surface area is 106 Å². The fraction of sp³-hybridized carbons (Fsp3) is 0.364. The molecule has 6 nitrogen and oxygen atoms in total. The van der Waals surface area contributed by atoms with Gasteiger partial charge in [-0.2, -0.15) is 4.31 Å². The molecule has 1 amide bonds. The van der Waals surface area contributed by atoms with Crippen LogP contribution in [0.25, 0.3) is 0 Å². The van der Waals surface area contributed by atoms with E-state index in [-0.39, 0.29) is 30.3 Å². The van der Waals surface area contributed by atoms with Gasteiger partial charge in [0.05, 0.1) is 4.90 Å². The largest absolute Gasteiger partial charge is 0.399 e. The molecule has 0 bridgehead atoms. The first-order valence-electron chi connectivity index (χ1n) is 5.62. The smallest absolute Gasteiger partial charge is 0.243 e. The third-order valence-electron chi connectivity index (χ3n) is 2.77. The third-order valence-corrected chi connectivity index (χ3v) is 4.66. The highest BCUT2D eigenvalue weighted by atomic mass is 32.2. The minimum absolute atomic E-state index is 0.125. The number of anilines is 1. The van der Waals surface area contributed by atoms with Gasteiger partial charge in [-0.1, -0.05) is 6.07 Å². The Morgan fingerprint density at radius 3 is 2.78 bits per heavy atom. The van der Waals surface area contributed by atoms with Crippen molar-refractivity contribution >= 4 is 21.6 Å². The van der Waals surface area contributed by atoms with Crippen LogP contribution in [0, 0.1) is 0 Å². The maximum Gasteiger partial charge on any atom is 0.243 e. The van der Waals surface area contributed by atoms with Gasteiger partial charge in [0.15, 0.2) is 0 Å². The molecule has 1 heterocycles. The summed E-state index contributed by atoms with van der Waals surface area (Å²) in [5.74, 6) is -0.125. The highest BCUT2D eigenvalue weighted by Gasteiger charge is 2.26. The molecule has 1 aromatic carbocycles. The molecule has 18 heavy (non-hydrogen) atoms. The molecule has 0 aromatic heterocycles. The molecule has 0 unspecified atom stereocenters. The van der Waals surface area contributed by atoms with Gasteiger partial charge in [-0.15, -0.1) is 0 Å². The van der Waals surface area contributed by atoms with Crippen LogP contribution in [0.4, 0.5) is 5.69 Å². The van der Waals surface area contributed by atoms with Crippen LogP contribution in [0.5, 0.6) is 0 Å². The van der Waals surface area contributed by atoms with E-state index in [0.29, 0.717) is 12.2 Å². The van der Waals surface area contributed by atoms with E-state index in [1.54, 1.807) is 12.1 Å². The molecule has 0 radical (unpaired) electrons. The molecule has 1 aliphatic heterocycles. The number of nitrogen functional groups attached to an aromatic ring is 1. The minimum atomic E-state index is -3.57. The standard InChI is InChI=1S/C11H15N3O3S/c12-9-2-1-3-10(8-9)18(16,17)14-6-4-11(15)13-5-7-14/h1-3,8H,4-7,12H2,(H,13,15). The van der Waals surface area contributed by atoms with Crippen LogP contribution in [0.15, 0.2) is 29.2 Å². The molecule has 98 valence electrons. The predicted molar refractivity (Wildman–Crippen MR) is 67.2 cm³/mol. The zero-order valence-electron chi connectivity index (χ0n) is 9.80. The van der Waals surface area contributed by atoms with Crippen LogP contribution in [0.1, 0.15) is 6.42 Å². The summed E-state index contributed by atoms with van der Waals surface area (Å²) in [7, 11) is -3.57. The van der Waals surface area contributed by atoms with Crippen molar-refractivity contribution in [3.8, 4) is 0 Å². The molecule has 1 fully saturated rings. The van der Waals surface area contributed by atoms with Gasteiger partial charge in [0.1, 0.15) is 0 Å². The van der Waals surface area contributed by atoms with Gasteiger partial charge in [0.2, 0.25) is 15.9 Å². The second kappa shape index (κ2) is 4.95. The van der Waals surface area contributed by atoms with Crippen molar-refractivity contribution in [2.75, 3.05) is 25.4 Å². The van der Waals surface area contributed by atoms with E-state index in [1.807, 2.05) is 0 Å². The first-order valence-corrected chi connectivity index (χ1v) is 7.06. The van der Waals surface area contributed by atoms with Crippen LogP contribution in [-0.4, -0.2) is 38.3 Å². The van der Waals surface area contributed by atoms with Gasteiger partial charge < -0.3 is 11.1 Å². The molecule has 0 atom stereocenters. The van der Waals surface area contributed by atoms with E-state index < -0.39 is 10.0 Å². The van der Waals surface area contributed by atoms with Crippen molar-refractivity contribution in [1.82, 2.24) is 9.62 Å². The lowest BCUT2D eigenvalue weighted by molar-refractivity contribution is -0.120. The lowest BCUT2D eigenvalue weighted by Crippen LogP contribution is -2.34. The number of hydrogen-bond donors (Lipinski definition) is 2. The van der Waals surface area contributed by atoms with Crippen molar-refractivity contribution in [1.29, 1.82) is 0 Å². The number of nitrogens with one attached hydrogen (secondary N) is 1. The number of hydrogen-bond acceptors (Lipinski definition) is 4. The SMILES string of the molecule is Nc1cccc(S(=O)(=O)N2CCNC(=O)CC2)c1. The molecule has 0 saturated carbocycles. The Balaban J connectivity index is 2.28. The summed E-state index contributed by atoms with van der Waals surface area (Å²) in [5.41, 5.74) is 5.99. The van der Waals surface area contributed by atoms with Crippen molar-refractivity contribution in [3.63, 3.8) is 0 Å². The van der Waals surface area contributed by atoms with Gasteiger partial charge in [0.25, 0.3) is 0 Å². The minimum Gasteiger partial charge on any atom is -0.399 e. The van der Waals surface area contributed by atoms with Gasteiger partial charge in [-0.3, -0.25) is 4.79 Å². The van der Waals surface area contributed by atoms with E-state index in [4.69, 9.17) is 5.73 Å². The maximum atomic E-state index is 12.3. The van der Waals surface area contributed by atoms with Crippen LogP contribution in [0.2, 0.25) is 0 Å². The fourth-order valence-electron chi connectivity index (χ4n) is 1.81. The number of carbonyl (C=O) groups excluding carboxylic acids is 1. The number of benzene rings is 1. The molecule has 1 aliphatic rings. The molecule has 0 spiro atoms. The average molecular weight is 269 g/mol. The molecule has 1 saturated heterocycles. The second-order valence-electron chi connectivity index (χ2n) is 4.08. The number of carbonyl (C=O) groups is 1. The van der Waals surface area contributed by atoms with Crippen LogP contribution in [-0.2, 0) is 14.8 Å². The molecule has 3 N–H and O–H groups in total. The van der Waals surface area contributed by atoms with Crippen LogP contribution in [0.3, 0.4) is 0 Å². The Kier molecular flexibility index (Phi) is 3.53. The lowest BCUT2D eigenvalue weighted by Gasteiger charge is -2.19. The second-order valence-corrected chi connectivity index (χ2v) is 6.01. The van der Waals surface area contributed by atoms with Crippen molar-refractivity contribution in [2.24, 2.45) is 0 Å². The highest BCUT2D eigenvalue weighted by molar-refractivity contribution is 7.89. The van der Waals surface area contributed by atoms with Crippen molar-refractivity contribution in [3.05, 3.63) is 24.3 Å². The summed E-state index contributed by atoms with van der Waals surface area (Å²) in [4.78, 5) is 11.4. The molecular formula is C11H15N3O3S. The Hall–Kier alpha value is -1.60. The number of sulfonamides is 1. The van der Waals surface area contributed by atoms with Gasteiger partial charge in [0, 0.05) is 31.7 Å². The van der Waals surface area contributed by atoms with Crippen molar-refractivity contribution in [2.45, 2.75) is 11.3 Å². The van der Waals surface area contributed by atoms with Gasteiger partial charge in [-0.25, -0.2) is 8.42 Å². The molecular weight excluding hydrogens is 254 g/mol. The monoisotopic (exact) mass is 269 g/mol.